The summed E-state index contributed by atoms with van der Waals surface area (Å²) in [5.74, 6) is 0. The third-order valence-corrected chi connectivity index (χ3v) is 5.02. The van der Waals surface area contributed by atoms with Crippen molar-refractivity contribution in [2.75, 3.05) is 0 Å². The van der Waals surface area contributed by atoms with Crippen molar-refractivity contribution >= 4 is 0 Å². The fourth-order valence-corrected chi connectivity index (χ4v) is 2.98. The highest BCUT2D eigenvalue weighted by atomic mass is 15.3. The van der Waals surface area contributed by atoms with Crippen molar-refractivity contribution in [1.82, 2.24) is 9.78 Å². The van der Waals surface area contributed by atoms with E-state index in [1.165, 1.54) is 0 Å². The highest BCUT2D eigenvalue weighted by Gasteiger charge is 2.39. The molecule has 3 nitrogen and oxygen atoms in total. The Balaban J connectivity index is 2.08. The molecule has 1 unspecified atom stereocenters. The Morgan fingerprint density at radius 1 is 1.35 bits per heavy atom. The van der Waals surface area contributed by atoms with Gasteiger partial charge in [0, 0.05) is 18.7 Å². The van der Waals surface area contributed by atoms with Gasteiger partial charge in [0.15, 0.2) is 0 Å². The fraction of sp³-hybridized carbons (Fsp3) is 0.765. The lowest BCUT2D eigenvalue weighted by atomic mass is 9.64. The summed E-state index contributed by atoms with van der Waals surface area (Å²) in [4.78, 5) is 0. The van der Waals surface area contributed by atoms with Crippen LogP contribution in [0, 0.1) is 22.2 Å². The monoisotopic (exact) mass is 273 g/mol. The van der Waals surface area contributed by atoms with Crippen molar-refractivity contribution in [3.05, 3.63) is 18.0 Å². The quantitative estimate of drug-likeness (QED) is 0.810. The standard InChI is InChI=1S/C17H27N3/c1-5-14(2)20-11-6-15(19-20)12-17(13-18)9-7-16(3,4)8-10-17/h6,11,14H,5,7-10,12H2,1-4H3. The molecule has 1 aliphatic rings. The predicted molar refractivity (Wildman–Crippen MR) is 81.2 cm³/mol. The van der Waals surface area contributed by atoms with Gasteiger partial charge in [-0.25, -0.2) is 0 Å². The van der Waals surface area contributed by atoms with Crippen LogP contribution < -0.4 is 0 Å². The lowest BCUT2D eigenvalue weighted by molar-refractivity contribution is 0.145. The smallest absolute Gasteiger partial charge is 0.0693 e. The van der Waals surface area contributed by atoms with Crippen molar-refractivity contribution in [1.29, 1.82) is 5.26 Å². The normalized spacial score (nSPS) is 22.1. The zero-order valence-electron chi connectivity index (χ0n) is 13.3. The first-order valence-corrected chi connectivity index (χ1v) is 7.85. The van der Waals surface area contributed by atoms with E-state index in [1.54, 1.807) is 0 Å². The molecule has 1 atom stereocenters. The molecule has 0 N–H and O–H groups in total. The Labute approximate surface area is 123 Å². The van der Waals surface area contributed by atoms with E-state index in [2.05, 4.69) is 51.1 Å². The van der Waals surface area contributed by atoms with Crippen molar-refractivity contribution in [2.45, 2.75) is 72.3 Å². The predicted octanol–water partition coefficient (Wildman–Crippen LogP) is 4.51. The van der Waals surface area contributed by atoms with Gasteiger partial charge >= 0.3 is 0 Å². The Morgan fingerprint density at radius 2 is 2.00 bits per heavy atom. The lowest BCUT2D eigenvalue weighted by Crippen LogP contribution is -2.32. The molecule has 0 aliphatic heterocycles. The minimum atomic E-state index is -0.190. The van der Waals surface area contributed by atoms with Crippen LogP contribution in [0.25, 0.3) is 0 Å². The number of rotatable bonds is 4. The molecule has 3 heteroatoms. The third kappa shape index (κ3) is 3.23. The van der Waals surface area contributed by atoms with Crippen LogP contribution in [0.2, 0.25) is 0 Å². The summed E-state index contributed by atoms with van der Waals surface area (Å²) in [6.07, 6.45) is 8.25. The average molecular weight is 273 g/mol. The molecular weight excluding hydrogens is 246 g/mol. The molecule has 0 saturated heterocycles. The van der Waals surface area contributed by atoms with Crippen LogP contribution in [-0.2, 0) is 6.42 Å². The number of nitriles is 1. The van der Waals surface area contributed by atoms with E-state index in [0.717, 1.165) is 44.2 Å². The summed E-state index contributed by atoms with van der Waals surface area (Å²) >= 11 is 0. The first kappa shape index (κ1) is 15.1. The second-order valence-electron chi connectivity index (χ2n) is 7.28. The van der Waals surface area contributed by atoms with Gasteiger partial charge in [0.2, 0.25) is 0 Å². The van der Waals surface area contributed by atoms with Gasteiger partial charge in [-0.2, -0.15) is 10.4 Å². The Bertz CT molecular complexity index is 483. The van der Waals surface area contributed by atoms with Crippen LogP contribution in [0.5, 0.6) is 0 Å². The van der Waals surface area contributed by atoms with E-state index >= 15 is 0 Å². The highest BCUT2D eigenvalue weighted by Crippen LogP contribution is 2.46. The molecular formula is C17H27N3. The summed E-state index contributed by atoms with van der Waals surface area (Å²) < 4.78 is 2.03. The molecule has 2 rings (SSSR count). The van der Waals surface area contributed by atoms with Crippen LogP contribution in [-0.4, -0.2) is 9.78 Å². The summed E-state index contributed by atoms with van der Waals surface area (Å²) in [5.41, 5.74) is 1.28. The first-order chi connectivity index (χ1) is 9.40. The Morgan fingerprint density at radius 3 is 2.55 bits per heavy atom. The van der Waals surface area contributed by atoms with Gasteiger partial charge in [-0.1, -0.05) is 20.8 Å². The van der Waals surface area contributed by atoms with E-state index in [4.69, 9.17) is 0 Å². The zero-order chi connectivity index (χ0) is 14.8. The molecule has 1 saturated carbocycles. The number of hydrogen-bond donors (Lipinski definition) is 0. The van der Waals surface area contributed by atoms with E-state index in [0.29, 0.717) is 11.5 Å². The average Bonchev–Trinajstić information content (AvgIpc) is 2.89. The molecule has 1 aromatic rings. The molecule has 0 spiro atoms. The van der Waals surface area contributed by atoms with Gasteiger partial charge in [0.05, 0.1) is 17.2 Å². The van der Waals surface area contributed by atoms with E-state index in [-0.39, 0.29) is 5.41 Å². The largest absolute Gasteiger partial charge is 0.270 e. The Kier molecular flexibility index (Phi) is 4.22. The van der Waals surface area contributed by atoms with Gasteiger partial charge in [0.25, 0.3) is 0 Å². The van der Waals surface area contributed by atoms with E-state index in [9.17, 15) is 5.26 Å². The molecule has 0 radical (unpaired) electrons. The fourth-order valence-electron chi connectivity index (χ4n) is 2.98. The minimum absolute atomic E-state index is 0.190. The molecule has 1 fully saturated rings. The maximum atomic E-state index is 9.65. The maximum absolute atomic E-state index is 9.65. The Hall–Kier alpha value is -1.30. The molecule has 20 heavy (non-hydrogen) atoms. The van der Waals surface area contributed by atoms with Crippen LogP contribution in [0.3, 0.4) is 0 Å². The molecule has 0 amide bonds. The molecule has 0 aromatic carbocycles. The summed E-state index contributed by atoms with van der Waals surface area (Å²) in [5, 5.41) is 14.3. The minimum Gasteiger partial charge on any atom is -0.270 e. The second-order valence-corrected chi connectivity index (χ2v) is 7.28. The van der Waals surface area contributed by atoms with Gasteiger partial charge in [-0.15, -0.1) is 0 Å². The topological polar surface area (TPSA) is 41.6 Å². The number of aromatic nitrogens is 2. The SMILES string of the molecule is CCC(C)n1ccc(CC2(C#N)CCC(C)(C)CC2)n1. The van der Waals surface area contributed by atoms with Crippen molar-refractivity contribution in [3.63, 3.8) is 0 Å². The van der Waals surface area contributed by atoms with Crippen molar-refractivity contribution < 1.29 is 0 Å². The van der Waals surface area contributed by atoms with Crippen LogP contribution in [0.1, 0.15) is 71.5 Å². The van der Waals surface area contributed by atoms with Gasteiger partial charge in [0.1, 0.15) is 0 Å². The van der Waals surface area contributed by atoms with E-state index in [1.807, 2.05) is 4.68 Å². The third-order valence-electron chi connectivity index (χ3n) is 5.02. The number of hydrogen-bond acceptors (Lipinski definition) is 2. The molecule has 110 valence electrons. The second kappa shape index (κ2) is 5.60. The van der Waals surface area contributed by atoms with Crippen molar-refractivity contribution in [2.24, 2.45) is 10.8 Å². The number of nitrogens with zero attached hydrogens (tertiary/aromatic N) is 3. The van der Waals surface area contributed by atoms with Gasteiger partial charge in [-0.3, -0.25) is 4.68 Å². The van der Waals surface area contributed by atoms with Crippen LogP contribution in [0.4, 0.5) is 0 Å². The maximum Gasteiger partial charge on any atom is 0.0693 e. The van der Waals surface area contributed by atoms with Crippen LogP contribution >= 0.6 is 0 Å². The van der Waals surface area contributed by atoms with Gasteiger partial charge in [-0.05, 0) is 50.5 Å². The molecule has 1 heterocycles. The highest BCUT2D eigenvalue weighted by molar-refractivity contribution is 5.12. The summed E-state index contributed by atoms with van der Waals surface area (Å²) in [6.45, 7) is 8.98. The van der Waals surface area contributed by atoms with Gasteiger partial charge < -0.3 is 0 Å². The first-order valence-electron chi connectivity index (χ1n) is 7.85. The molecule has 1 aliphatic carbocycles. The van der Waals surface area contributed by atoms with E-state index < -0.39 is 0 Å². The lowest BCUT2D eigenvalue weighted by Gasteiger charge is -2.39. The van der Waals surface area contributed by atoms with Crippen molar-refractivity contribution in [3.8, 4) is 6.07 Å². The zero-order valence-corrected chi connectivity index (χ0v) is 13.3. The summed E-state index contributed by atoms with van der Waals surface area (Å²) in [6, 6.07) is 5.13. The summed E-state index contributed by atoms with van der Waals surface area (Å²) in [7, 11) is 0. The van der Waals surface area contributed by atoms with Crippen LogP contribution in [0.15, 0.2) is 12.3 Å². The molecule has 0 bridgehead atoms. The molecule has 1 aromatic heterocycles.